The Morgan fingerprint density at radius 3 is 1.90 bits per heavy atom. The van der Waals surface area contributed by atoms with E-state index in [-0.39, 0.29) is 0 Å². The summed E-state index contributed by atoms with van der Waals surface area (Å²) in [5, 5.41) is 0. The highest BCUT2D eigenvalue weighted by molar-refractivity contribution is 5.32. The average molecular weight is 263 g/mol. The molecule has 0 aliphatic heterocycles. The number of hydrogen-bond acceptors (Lipinski definition) is 0. The van der Waals surface area contributed by atoms with Crippen molar-refractivity contribution in [3.8, 4) is 0 Å². The van der Waals surface area contributed by atoms with E-state index in [1.54, 1.807) is 0 Å². The van der Waals surface area contributed by atoms with Crippen molar-refractivity contribution in [1.29, 1.82) is 0 Å². The molecule has 0 atom stereocenters. The second kappa shape index (κ2) is 5.74. The fourth-order valence-electron chi connectivity index (χ4n) is 2.59. The van der Waals surface area contributed by atoms with Crippen molar-refractivity contribution >= 4 is 0 Å². The molecule has 0 fully saturated rings. The molecule has 0 aliphatic carbocycles. The minimum absolute atomic E-state index is 0.379. The molecule has 20 heavy (non-hydrogen) atoms. The summed E-state index contributed by atoms with van der Waals surface area (Å²) < 4.78 is 4.32. The van der Waals surface area contributed by atoms with Crippen molar-refractivity contribution < 1.29 is 4.57 Å². The van der Waals surface area contributed by atoms with E-state index >= 15 is 0 Å². The van der Waals surface area contributed by atoms with Crippen LogP contribution < -0.4 is 4.57 Å². The summed E-state index contributed by atoms with van der Waals surface area (Å²) in [5.41, 5.74) is 2.71. The van der Waals surface area contributed by atoms with Crippen molar-refractivity contribution in [2.24, 2.45) is 7.05 Å². The van der Waals surface area contributed by atoms with E-state index in [1.165, 1.54) is 11.1 Å². The molecule has 1 aromatic heterocycles. The lowest BCUT2D eigenvalue weighted by atomic mass is 9.91. The zero-order valence-electron chi connectivity index (χ0n) is 11.7. The molecule has 0 spiro atoms. The van der Waals surface area contributed by atoms with Crippen LogP contribution in [0.5, 0.6) is 0 Å². The Kier molecular flexibility index (Phi) is 3.64. The van der Waals surface area contributed by atoms with E-state index < -0.39 is 0 Å². The Labute approximate surface area is 119 Å². The number of aromatic nitrogens is 2. The number of benzene rings is 2. The molecule has 1 heterocycles. The van der Waals surface area contributed by atoms with Gasteiger partial charge in [-0.25, -0.2) is 9.13 Å². The Hall–Kier alpha value is -2.35. The van der Waals surface area contributed by atoms with Crippen LogP contribution in [0.3, 0.4) is 0 Å². The second-order valence-electron chi connectivity index (χ2n) is 5.15. The predicted molar refractivity (Wildman–Crippen MR) is 80.3 cm³/mol. The van der Waals surface area contributed by atoms with Gasteiger partial charge >= 0.3 is 0 Å². The Morgan fingerprint density at radius 2 is 1.45 bits per heavy atom. The number of aryl methyl sites for hydroxylation is 1. The summed E-state index contributed by atoms with van der Waals surface area (Å²) in [6, 6.07) is 21.4. The largest absolute Gasteiger partial charge is 0.243 e. The van der Waals surface area contributed by atoms with Crippen molar-refractivity contribution in [2.75, 3.05) is 0 Å². The standard InChI is InChI=1S/C18H19N2/c1-19-12-13-20(15-19)14-18(16-8-4-2-5-9-16)17-10-6-3-7-11-17/h2-13,15,18H,14H2,1H3/q+1. The number of imidazole rings is 1. The van der Waals surface area contributed by atoms with Crippen LogP contribution in [0.4, 0.5) is 0 Å². The lowest BCUT2D eigenvalue weighted by Crippen LogP contribution is -2.24. The minimum atomic E-state index is 0.379. The summed E-state index contributed by atoms with van der Waals surface area (Å²) in [4.78, 5) is 0. The van der Waals surface area contributed by atoms with Crippen LogP contribution in [0.1, 0.15) is 17.0 Å². The van der Waals surface area contributed by atoms with E-state index in [2.05, 4.69) is 95.6 Å². The minimum Gasteiger partial charge on any atom is -0.240 e. The molecule has 0 bridgehead atoms. The topological polar surface area (TPSA) is 8.81 Å². The quantitative estimate of drug-likeness (QED) is 0.639. The van der Waals surface area contributed by atoms with Gasteiger partial charge in [0.1, 0.15) is 18.9 Å². The summed E-state index contributed by atoms with van der Waals surface area (Å²) in [5.74, 6) is 0.379. The first-order valence-corrected chi connectivity index (χ1v) is 6.94. The van der Waals surface area contributed by atoms with E-state index in [9.17, 15) is 0 Å². The molecule has 2 heteroatoms. The van der Waals surface area contributed by atoms with E-state index in [0.29, 0.717) is 5.92 Å². The lowest BCUT2D eigenvalue weighted by Gasteiger charge is -2.16. The highest BCUT2D eigenvalue weighted by Gasteiger charge is 2.17. The summed E-state index contributed by atoms with van der Waals surface area (Å²) in [7, 11) is 2.05. The molecule has 3 aromatic rings. The van der Waals surface area contributed by atoms with E-state index in [1.807, 2.05) is 0 Å². The third-order valence-electron chi connectivity index (χ3n) is 3.62. The SMILES string of the molecule is C[n+]1ccn(CC(c2ccccc2)c2ccccc2)c1. The number of hydrogen-bond donors (Lipinski definition) is 0. The van der Waals surface area contributed by atoms with Gasteiger partial charge in [0.15, 0.2) is 0 Å². The third kappa shape index (κ3) is 2.80. The smallest absolute Gasteiger partial charge is 0.240 e. The molecule has 0 saturated carbocycles. The normalized spacial score (nSPS) is 10.9. The van der Waals surface area contributed by atoms with E-state index in [4.69, 9.17) is 0 Å². The van der Waals surface area contributed by atoms with Gasteiger partial charge in [-0.05, 0) is 11.1 Å². The van der Waals surface area contributed by atoms with Crippen molar-refractivity contribution in [3.05, 3.63) is 90.5 Å². The maximum Gasteiger partial charge on any atom is 0.243 e. The van der Waals surface area contributed by atoms with Gasteiger partial charge in [-0.2, -0.15) is 0 Å². The molecule has 3 rings (SSSR count). The van der Waals surface area contributed by atoms with Crippen LogP contribution >= 0.6 is 0 Å². The van der Waals surface area contributed by atoms with Crippen LogP contribution in [0, 0.1) is 0 Å². The Morgan fingerprint density at radius 1 is 0.900 bits per heavy atom. The van der Waals surface area contributed by atoms with Gasteiger partial charge in [-0.3, -0.25) is 0 Å². The Bertz CT molecular complexity index is 617. The average Bonchev–Trinajstić information content (AvgIpc) is 2.92. The fourth-order valence-corrected chi connectivity index (χ4v) is 2.59. The monoisotopic (exact) mass is 263 g/mol. The molecule has 2 aromatic carbocycles. The molecule has 0 N–H and O–H groups in total. The van der Waals surface area contributed by atoms with Crippen LogP contribution in [-0.2, 0) is 13.6 Å². The van der Waals surface area contributed by atoms with Gasteiger partial charge < -0.3 is 0 Å². The molecular weight excluding hydrogens is 244 g/mol. The molecule has 100 valence electrons. The zero-order chi connectivity index (χ0) is 13.8. The summed E-state index contributed by atoms with van der Waals surface area (Å²) in [6.45, 7) is 0.953. The fraction of sp³-hybridized carbons (Fsp3) is 0.167. The Balaban J connectivity index is 1.96. The third-order valence-corrected chi connectivity index (χ3v) is 3.62. The summed E-state index contributed by atoms with van der Waals surface area (Å²) >= 11 is 0. The van der Waals surface area contributed by atoms with Gasteiger partial charge in [0, 0.05) is 5.92 Å². The lowest BCUT2D eigenvalue weighted by molar-refractivity contribution is -0.671. The van der Waals surface area contributed by atoms with Gasteiger partial charge in [0.2, 0.25) is 6.33 Å². The van der Waals surface area contributed by atoms with Gasteiger partial charge in [-0.15, -0.1) is 0 Å². The zero-order valence-corrected chi connectivity index (χ0v) is 11.7. The molecular formula is C18H19N2+. The number of nitrogens with zero attached hydrogens (tertiary/aromatic N) is 2. The predicted octanol–water partition coefficient (Wildman–Crippen LogP) is 3.14. The van der Waals surface area contributed by atoms with Gasteiger partial charge in [0.05, 0.1) is 7.05 Å². The first-order chi connectivity index (χ1) is 9.83. The summed E-state index contributed by atoms with van der Waals surface area (Å²) in [6.07, 6.45) is 6.32. The van der Waals surface area contributed by atoms with Crippen LogP contribution in [0.2, 0.25) is 0 Å². The first kappa shape index (κ1) is 12.7. The highest BCUT2D eigenvalue weighted by Crippen LogP contribution is 2.26. The van der Waals surface area contributed by atoms with Gasteiger partial charge in [-0.1, -0.05) is 60.7 Å². The molecule has 0 amide bonds. The van der Waals surface area contributed by atoms with Crippen molar-refractivity contribution in [1.82, 2.24) is 4.57 Å². The maximum absolute atomic E-state index is 2.24. The molecule has 0 aliphatic rings. The molecule has 0 unspecified atom stereocenters. The highest BCUT2D eigenvalue weighted by atomic mass is 15.1. The van der Waals surface area contributed by atoms with Crippen LogP contribution in [0.25, 0.3) is 0 Å². The number of rotatable bonds is 4. The molecule has 0 radical (unpaired) electrons. The van der Waals surface area contributed by atoms with Crippen LogP contribution in [-0.4, -0.2) is 4.57 Å². The van der Waals surface area contributed by atoms with E-state index in [0.717, 1.165) is 6.54 Å². The molecule has 2 nitrogen and oxygen atoms in total. The van der Waals surface area contributed by atoms with Crippen molar-refractivity contribution in [2.45, 2.75) is 12.5 Å². The molecule has 0 saturated heterocycles. The van der Waals surface area contributed by atoms with Gasteiger partial charge in [0.25, 0.3) is 0 Å². The second-order valence-corrected chi connectivity index (χ2v) is 5.15. The first-order valence-electron chi connectivity index (χ1n) is 6.94. The maximum atomic E-state index is 2.24. The van der Waals surface area contributed by atoms with Crippen molar-refractivity contribution in [3.63, 3.8) is 0 Å². The van der Waals surface area contributed by atoms with Crippen LogP contribution in [0.15, 0.2) is 79.4 Å².